The lowest BCUT2D eigenvalue weighted by Crippen LogP contribution is -2.07. The Balaban J connectivity index is 1.80. The minimum atomic E-state index is -4.32. The molecule has 0 unspecified atom stereocenters. The van der Waals surface area contributed by atoms with Crippen LogP contribution >= 0.6 is 11.3 Å². The van der Waals surface area contributed by atoms with E-state index in [1.807, 2.05) is 17.5 Å². The number of anilines is 1. The maximum Gasteiger partial charge on any atom is 0.416 e. The second-order valence-corrected chi connectivity index (χ2v) is 5.49. The van der Waals surface area contributed by atoms with E-state index in [1.165, 1.54) is 6.07 Å². The summed E-state index contributed by atoms with van der Waals surface area (Å²) >= 11 is 1.60. The highest BCUT2D eigenvalue weighted by Gasteiger charge is 2.30. The van der Waals surface area contributed by atoms with E-state index >= 15 is 0 Å². The fourth-order valence-corrected chi connectivity index (χ4v) is 2.86. The lowest BCUT2D eigenvalue weighted by Gasteiger charge is -2.10. The van der Waals surface area contributed by atoms with E-state index in [9.17, 15) is 13.2 Å². The van der Waals surface area contributed by atoms with Crippen molar-refractivity contribution in [2.75, 3.05) is 5.32 Å². The third-order valence-electron chi connectivity index (χ3n) is 3.09. The molecule has 6 heteroatoms. The molecule has 0 radical (unpaired) electrons. The Morgan fingerprint density at radius 2 is 2.00 bits per heavy atom. The van der Waals surface area contributed by atoms with Gasteiger partial charge in [-0.1, -0.05) is 12.1 Å². The zero-order chi connectivity index (χ0) is 14.9. The van der Waals surface area contributed by atoms with Gasteiger partial charge in [0.05, 0.1) is 5.56 Å². The van der Waals surface area contributed by atoms with Crippen molar-refractivity contribution >= 4 is 27.2 Å². The minimum Gasteiger partial charge on any atom is -0.365 e. The number of benzene rings is 1. The molecule has 1 aromatic carbocycles. The van der Waals surface area contributed by atoms with Gasteiger partial charge in [-0.3, -0.25) is 0 Å². The van der Waals surface area contributed by atoms with Gasteiger partial charge < -0.3 is 5.32 Å². The minimum absolute atomic E-state index is 0.297. The van der Waals surface area contributed by atoms with Crippen LogP contribution in [0.2, 0.25) is 0 Å². The Labute approximate surface area is 123 Å². The third kappa shape index (κ3) is 3.00. The van der Waals surface area contributed by atoms with Crippen LogP contribution in [-0.4, -0.2) is 4.98 Å². The van der Waals surface area contributed by atoms with Crippen LogP contribution in [0.3, 0.4) is 0 Å². The van der Waals surface area contributed by atoms with Gasteiger partial charge in [0.25, 0.3) is 0 Å². The number of fused-ring (bicyclic) bond motifs is 1. The van der Waals surface area contributed by atoms with Gasteiger partial charge in [0.1, 0.15) is 5.82 Å². The number of nitrogens with zero attached hydrogens (tertiary/aromatic N) is 1. The average molecular weight is 308 g/mol. The molecule has 3 rings (SSSR count). The Morgan fingerprint density at radius 3 is 2.81 bits per heavy atom. The number of rotatable bonds is 3. The van der Waals surface area contributed by atoms with Crippen molar-refractivity contribution in [2.24, 2.45) is 0 Å². The number of hydrogen-bond acceptors (Lipinski definition) is 3. The van der Waals surface area contributed by atoms with Crippen LogP contribution in [0, 0.1) is 0 Å². The van der Waals surface area contributed by atoms with Gasteiger partial charge in [0, 0.05) is 22.8 Å². The van der Waals surface area contributed by atoms with Gasteiger partial charge >= 0.3 is 6.18 Å². The molecule has 1 N–H and O–H groups in total. The molecule has 21 heavy (non-hydrogen) atoms. The summed E-state index contributed by atoms with van der Waals surface area (Å²) in [5, 5.41) is 6.04. The van der Waals surface area contributed by atoms with Gasteiger partial charge in [-0.25, -0.2) is 4.98 Å². The van der Waals surface area contributed by atoms with Crippen LogP contribution in [0.15, 0.2) is 48.0 Å². The summed E-state index contributed by atoms with van der Waals surface area (Å²) in [5.74, 6) is 0.686. The monoisotopic (exact) mass is 308 g/mol. The standard InChI is InChI=1S/C15H11F3N2S/c16-15(17,18)11-3-1-2-10(8-11)9-20-14-12-5-7-21-13(12)4-6-19-14/h1-8H,9H2,(H,19,20). The van der Waals surface area contributed by atoms with E-state index in [-0.39, 0.29) is 0 Å². The number of pyridine rings is 1. The number of nitrogens with one attached hydrogen (secondary N) is 1. The second-order valence-electron chi connectivity index (χ2n) is 4.54. The highest BCUT2D eigenvalue weighted by Crippen LogP contribution is 2.30. The van der Waals surface area contributed by atoms with E-state index in [0.717, 1.165) is 22.2 Å². The smallest absolute Gasteiger partial charge is 0.365 e. The summed E-state index contributed by atoms with van der Waals surface area (Å²) in [6.45, 7) is 0.297. The van der Waals surface area contributed by atoms with E-state index in [2.05, 4.69) is 10.3 Å². The fourth-order valence-electron chi connectivity index (χ4n) is 2.08. The molecule has 0 aliphatic carbocycles. The molecule has 0 aliphatic heterocycles. The molecular weight excluding hydrogens is 297 g/mol. The predicted molar refractivity (Wildman–Crippen MR) is 78.4 cm³/mol. The van der Waals surface area contributed by atoms with E-state index in [1.54, 1.807) is 23.6 Å². The maximum atomic E-state index is 12.7. The zero-order valence-corrected chi connectivity index (χ0v) is 11.6. The molecule has 3 aromatic rings. The van der Waals surface area contributed by atoms with Gasteiger partial charge in [-0.2, -0.15) is 13.2 Å². The first-order valence-electron chi connectivity index (χ1n) is 6.26. The molecular formula is C15H11F3N2S. The van der Waals surface area contributed by atoms with Gasteiger partial charge in [0.15, 0.2) is 0 Å². The predicted octanol–water partition coefficient (Wildman–Crippen LogP) is 4.93. The molecule has 0 spiro atoms. The van der Waals surface area contributed by atoms with Crippen molar-refractivity contribution in [2.45, 2.75) is 12.7 Å². The summed E-state index contributed by atoms with van der Waals surface area (Å²) in [5.41, 5.74) is -0.0673. The molecule has 0 saturated heterocycles. The van der Waals surface area contributed by atoms with Crippen LogP contribution in [0.5, 0.6) is 0 Å². The number of thiophene rings is 1. The van der Waals surface area contributed by atoms with Gasteiger partial charge in [-0.15, -0.1) is 11.3 Å². The maximum absolute atomic E-state index is 12.7. The molecule has 2 nitrogen and oxygen atoms in total. The molecule has 0 saturated carbocycles. The van der Waals surface area contributed by atoms with Crippen molar-refractivity contribution in [3.63, 3.8) is 0 Å². The lowest BCUT2D eigenvalue weighted by molar-refractivity contribution is -0.137. The first-order valence-corrected chi connectivity index (χ1v) is 7.14. The van der Waals surface area contributed by atoms with E-state index < -0.39 is 11.7 Å². The Morgan fingerprint density at radius 1 is 1.14 bits per heavy atom. The molecule has 0 bridgehead atoms. The summed E-state index contributed by atoms with van der Waals surface area (Å²) in [4.78, 5) is 4.24. The number of halogens is 3. The third-order valence-corrected chi connectivity index (χ3v) is 3.98. The number of hydrogen-bond donors (Lipinski definition) is 1. The van der Waals surface area contributed by atoms with Crippen LogP contribution in [0.4, 0.5) is 19.0 Å². The summed E-state index contributed by atoms with van der Waals surface area (Å²) in [6, 6.07) is 9.16. The molecule has 0 aliphatic rings. The van der Waals surface area contributed by atoms with Gasteiger partial charge in [0.2, 0.25) is 0 Å². The lowest BCUT2D eigenvalue weighted by atomic mass is 10.1. The molecule has 0 atom stereocenters. The number of aromatic nitrogens is 1. The highest BCUT2D eigenvalue weighted by molar-refractivity contribution is 7.17. The van der Waals surface area contributed by atoms with E-state index in [0.29, 0.717) is 17.9 Å². The van der Waals surface area contributed by atoms with E-state index in [4.69, 9.17) is 0 Å². The van der Waals surface area contributed by atoms with Crippen LogP contribution in [0.1, 0.15) is 11.1 Å². The molecule has 2 aromatic heterocycles. The van der Waals surface area contributed by atoms with Crippen LogP contribution in [0.25, 0.3) is 10.1 Å². The Kier molecular flexibility index (Phi) is 3.55. The summed E-state index contributed by atoms with van der Waals surface area (Å²) in [7, 11) is 0. The van der Waals surface area contributed by atoms with Crippen molar-refractivity contribution in [3.8, 4) is 0 Å². The van der Waals surface area contributed by atoms with Crippen molar-refractivity contribution in [1.82, 2.24) is 4.98 Å². The molecule has 0 fully saturated rings. The van der Waals surface area contributed by atoms with Crippen molar-refractivity contribution in [1.29, 1.82) is 0 Å². The molecule has 108 valence electrons. The van der Waals surface area contributed by atoms with Crippen molar-refractivity contribution < 1.29 is 13.2 Å². The van der Waals surface area contributed by atoms with Gasteiger partial charge in [-0.05, 0) is 35.2 Å². The first-order chi connectivity index (χ1) is 10.0. The fraction of sp³-hybridized carbons (Fsp3) is 0.133. The highest BCUT2D eigenvalue weighted by atomic mass is 32.1. The normalized spacial score (nSPS) is 11.8. The SMILES string of the molecule is FC(F)(F)c1cccc(CNc2nccc3sccc23)c1. The summed E-state index contributed by atoms with van der Waals surface area (Å²) in [6.07, 6.45) is -2.63. The van der Waals surface area contributed by atoms with Crippen LogP contribution in [-0.2, 0) is 12.7 Å². The quantitative estimate of drug-likeness (QED) is 0.742. The molecule has 0 amide bonds. The average Bonchev–Trinajstić information content (AvgIpc) is 2.93. The second kappa shape index (κ2) is 5.37. The largest absolute Gasteiger partial charge is 0.416 e. The summed E-state index contributed by atoms with van der Waals surface area (Å²) < 4.78 is 39.1. The molecule has 2 heterocycles. The Bertz CT molecular complexity index is 765. The van der Waals surface area contributed by atoms with Crippen molar-refractivity contribution in [3.05, 3.63) is 59.1 Å². The zero-order valence-electron chi connectivity index (χ0n) is 10.8. The Hall–Kier alpha value is -2.08. The first kappa shape index (κ1) is 13.9. The topological polar surface area (TPSA) is 24.9 Å². The number of alkyl halides is 3. The van der Waals surface area contributed by atoms with Crippen LogP contribution < -0.4 is 5.32 Å².